The van der Waals surface area contributed by atoms with Gasteiger partial charge in [0.2, 0.25) is 0 Å². The zero-order chi connectivity index (χ0) is 11.1. The third-order valence-corrected chi connectivity index (χ3v) is 3.43. The molecule has 2 heteroatoms. The number of hydrogen-bond donors (Lipinski definition) is 0. The first-order valence-electron chi connectivity index (χ1n) is 5.87. The molecule has 1 aliphatic rings. The average molecular weight is 212 g/mol. The molecule has 0 atom stereocenters. The standard InChI is InChI=1S/C14H16N2/c1-10-5-3-6-12-13(10)15-9-11(2)14(12)16-7-4-8-16/h3,5-6,9H,4,7-8H2,1-2H3. The fourth-order valence-electron chi connectivity index (χ4n) is 2.42. The van der Waals surface area contributed by atoms with E-state index in [-0.39, 0.29) is 0 Å². The Morgan fingerprint density at radius 2 is 1.94 bits per heavy atom. The second-order valence-corrected chi connectivity index (χ2v) is 4.60. The van der Waals surface area contributed by atoms with Crippen molar-refractivity contribution in [1.29, 1.82) is 0 Å². The summed E-state index contributed by atoms with van der Waals surface area (Å²) in [5, 5.41) is 1.31. The van der Waals surface area contributed by atoms with Crippen molar-refractivity contribution in [3.05, 3.63) is 35.5 Å². The lowest BCUT2D eigenvalue weighted by molar-refractivity contribution is 0.618. The molecule has 1 aliphatic heterocycles. The highest BCUT2D eigenvalue weighted by atomic mass is 15.2. The number of benzene rings is 1. The zero-order valence-electron chi connectivity index (χ0n) is 9.83. The molecule has 0 radical (unpaired) electrons. The van der Waals surface area contributed by atoms with Crippen molar-refractivity contribution < 1.29 is 0 Å². The van der Waals surface area contributed by atoms with Gasteiger partial charge in [0.05, 0.1) is 11.2 Å². The van der Waals surface area contributed by atoms with Crippen LogP contribution in [0.4, 0.5) is 5.69 Å². The van der Waals surface area contributed by atoms with Gasteiger partial charge in [0.1, 0.15) is 0 Å². The van der Waals surface area contributed by atoms with E-state index in [4.69, 9.17) is 0 Å². The lowest BCUT2D eigenvalue weighted by atomic mass is 10.0. The number of nitrogens with zero attached hydrogens (tertiary/aromatic N) is 2. The molecule has 0 spiro atoms. The largest absolute Gasteiger partial charge is 0.371 e. The molecule has 0 amide bonds. The second-order valence-electron chi connectivity index (χ2n) is 4.60. The van der Waals surface area contributed by atoms with E-state index < -0.39 is 0 Å². The highest BCUT2D eigenvalue weighted by Gasteiger charge is 2.19. The summed E-state index contributed by atoms with van der Waals surface area (Å²) in [6, 6.07) is 6.45. The number of fused-ring (bicyclic) bond motifs is 1. The quantitative estimate of drug-likeness (QED) is 0.722. The predicted octanol–water partition coefficient (Wildman–Crippen LogP) is 3.06. The Hall–Kier alpha value is -1.57. The Balaban J connectivity index is 2.31. The van der Waals surface area contributed by atoms with Crippen LogP contribution < -0.4 is 4.90 Å². The van der Waals surface area contributed by atoms with Crippen LogP contribution in [0.3, 0.4) is 0 Å². The lowest BCUT2D eigenvalue weighted by Gasteiger charge is -2.35. The molecule has 3 rings (SSSR count). The summed E-state index contributed by atoms with van der Waals surface area (Å²) in [5.74, 6) is 0. The summed E-state index contributed by atoms with van der Waals surface area (Å²) < 4.78 is 0. The van der Waals surface area contributed by atoms with Crippen LogP contribution in [-0.4, -0.2) is 18.1 Å². The fourth-order valence-corrected chi connectivity index (χ4v) is 2.42. The van der Waals surface area contributed by atoms with Gasteiger partial charge in [-0.2, -0.15) is 0 Å². The molecule has 82 valence electrons. The van der Waals surface area contributed by atoms with Gasteiger partial charge in [0.15, 0.2) is 0 Å². The molecule has 2 heterocycles. The van der Waals surface area contributed by atoms with Gasteiger partial charge in [-0.05, 0) is 31.4 Å². The van der Waals surface area contributed by atoms with E-state index in [0.29, 0.717) is 0 Å². The number of rotatable bonds is 1. The summed E-state index contributed by atoms with van der Waals surface area (Å²) >= 11 is 0. The third kappa shape index (κ3) is 1.29. The minimum atomic E-state index is 1.15. The first-order chi connectivity index (χ1) is 7.77. The van der Waals surface area contributed by atoms with Gasteiger partial charge in [-0.25, -0.2) is 0 Å². The van der Waals surface area contributed by atoms with E-state index in [2.05, 4.69) is 41.9 Å². The first kappa shape index (κ1) is 9.64. The maximum absolute atomic E-state index is 4.56. The Bertz CT molecular complexity index is 542. The van der Waals surface area contributed by atoms with E-state index in [1.165, 1.54) is 41.7 Å². The predicted molar refractivity (Wildman–Crippen MR) is 68.0 cm³/mol. The van der Waals surface area contributed by atoms with Gasteiger partial charge in [-0.3, -0.25) is 4.98 Å². The molecule has 2 nitrogen and oxygen atoms in total. The third-order valence-electron chi connectivity index (χ3n) is 3.43. The summed E-state index contributed by atoms with van der Waals surface area (Å²) in [6.07, 6.45) is 3.32. The van der Waals surface area contributed by atoms with Gasteiger partial charge in [-0.1, -0.05) is 18.2 Å². The maximum Gasteiger partial charge on any atom is 0.0752 e. The summed E-state index contributed by atoms with van der Waals surface area (Å²) in [4.78, 5) is 7.01. The Morgan fingerprint density at radius 3 is 2.62 bits per heavy atom. The smallest absolute Gasteiger partial charge is 0.0752 e. The second kappa shape index (κ2) is 3.48. The number of pyridine rings is 1. The van der Waals surface area contributed by atoms with Crippen molar-refractivity contribution in [2.24, 2.45) is 0 Å². The molecule has 1 saturated heterocycles. The molecular weight excluding hydrogens is 196 g/mol. The fraction of sp³-hybridized carbons (Fsp3) is 0.357. The molecule has 0 bridgehead atoms. The summed E-state index contributed by atoms with van der Waals surface area (Å²) in [7, 11) is 0. The number of aryl methyl sites for hydroxylation is 2. The van der Waals surface area contributed by atoms with Gasteiger partial charge < -0.3 is 4.90 Å². The molecule has 0 unspecified atom stereocenters. The Morgan fingerprint density at radius 1 is 1.12 bits per heavy atom. The minimum absolute atomic E-state index is 1.15. The lowest BCUT2D eigenvalue weighted by Crippen LogP contribution is -2.37. The SMILES string of the molecule is Cc1cnc2c(C)cccc2c1N1CCC1. The van der Waals surface area contributed by atoms with Crippen LogP contribution >= 0.6 is 0 Å². The van der Waals surface area contributed by atoms with Crippen LogP contribution in [0.5, 0.6) is 0 Å². The highest BCUT2D eigenvalue weighted by Crippen LogP contribution is 2.32. The average Bonchev–Trinajstić information content (AvgIpc) is 2.20. The van der Waals surface area contributed by atoms with E-state index in [0.717, 1.165) is 5.52 Å². The van der Waals surface area contributed by atoms with Crippen LogP contribution in [0.15, 0.2) is 24.4 Å². The number of hydrogen-bond acceptors (Lipinski definition) is 2. The van der Waals surface area contributed by atoms with Crippen molar-refractivity contribution in [3.63, 3.8) is 0 Å². The Labute approximate surface area is 95.9 Å². The minimum Gasteiger partial charge on any atom is -0.371 e. The molecule has 1 fully saturated rings. The van der Waals surface area contributed by atoms with Crippen LogP contribution in [0.1, 0.15) is 17.5 Å². The summed E-state index contributed by atoms with van der Waals surface area (Å²) in [5.41, 5.74) is 5.09. The number of aromatic nitrogens is 1. The summed E-state index contributed by atoms with van der Waals surface area (Å²) in [6.45, 7) is 6.66. The number of anilines is 1. The van der Waals surface area contributed by atoms with Gasteiger partial charge >= 0.3 is 0 Å². The van der Waals surface area contributed by atoms with E-state index >= 15 is 0 Å². The van der Waals surface area contributed by atoms with Crippen LogP contribution in [0.2, 0.25) is 0 Å². The van der Waals surface area contributed by atoms with E-state index in [1.54, 1.807) is 0 Å². The number of para-hydroxylation sites is 1. The molecule has 1 aromatic carbocycles. The first-order valence-corrected chi connectivity index (χ1v) is 5.87. The van der Waals surface area contributed by atoms with E-state index in [9.17, 15) is 0 Å². The van der Waals surface area contributed by atoms with Crippen molar-refractivity contribution in [1.82, 2.24) is 4.98 Å². The van der Waals surface area contributed by atoms with Crippen LogP contribution in [0, 0.1) is 13.8 Å². The topological polar surface area (TPSA) is 16.1 Å². The molecule has 1 aromatic heterocycles. The van der Waals surface area contributed by atoms with Gasteiger partial charge in [-0.15, -0.1) is 0 Å². The molecule has 16 heavy (non-hydrogen) atoms. The normalized spacial score (nSPS) is 15.2. The zero-order valence-corrected chi connectivity index (χ0v) is 9.83. The van der Waals surface area contributed by atoms with Crippen molar-refractivity contribution in [3.8, 4) is 0 Å². The van der Waals surface area contributed by atoms with Crippen molar-refractivity contribution in [2.45, 2.75) is 20.3 Å². The van der Waals surface area contributed by atoms with Crippen molar-refractivity contribution in [2.75, 3.05) is 18.0 Å². The van der Waals surface area contributed by atoms with Crippen LogP contribution in [0.25, 0.3) is 10.9 Å². The molecule has 0 saturated carbocycles. The molecule has 0 aliphatic carbocycles. The monoisotopic (exact) mass is 212 g/mol. The van der Waals surface area contributed by atoms with Gasteiger partial charge in [0.25, 0.3) is 0 Å². The van der Waals surface area contributed by atoms with Gasteiger partial charge in [0, 0.05) is 24.7 Å². The van der Waals surface area contributed by atoms with E-state index in [1.807, 2.05) is 6.20 Å². The molecular formula is C14H16N2. The van der Waals surface area contributed by atoms with Crippen LogP contribution in [-0.2, 0) is 0 Å². The Kier molecular flexibility index (Phi) is 2.10. The maximum atomic E-state index is 4.56. The molecule has 2 aromatic rings. The highest BCUT2D eigenvalue weighted by molar-refractivity contribution is 5.95. The molecule has 0 N–H and O–H groups in total. The van der Waals surface area contributed by atoms with Crippen molar-refractivity contribution >= 4 is 16.6 Å².